The highest BCUT2D eigenvalue weighted by atomic mass is 19.1. The number of ether oxygens (including phenoxy) is 2. The quantitative estimate of drug-likeness (QED) is 0.534. The first-order valence-corrected chi connectivity index (χ1v) is 9.57. The fourth-order valence-corrected chi connectivity index (χ4v) is 3.31. The molecule has 0 saturated carbocycles. The van der Waals surface area contributed by atoms with Crippen molar-refractivity contribution in [3.05, 3.63) is 35.1 Å². The van der Waals surface area contributed by atoms with Gasteiger partial charge in [0.2, 0.25) is 0 Å². The van der Waals surface area contributed by atoms with Gasteiger partial charge in [-0.25, -0.2) is 4.39 Å². The molecule has 0 amide bonds. The van der Waals surface area contributed by atoms with Gasteiger partial charge < -0.3 is 20.1 Å². The fraction of sp³-hybridized carbons (Fsp3) is 0.650. The maximum absolute atomic E-state index is 13.7. The Labute approximate surface area is 162 Å². The Bertz CT molecular complexity index is 604. The summed E-state index contributed by atoms with van der Waals surface area (Å²) in [4.78, 5) is 6.79. The van der Waals surface area contributed by atoms with E-state index in [0.717, 1.165) is 44.4 Å². The number of benzene rings is 1. The van der Waals surface area contributed by atoms with Gasteiger partial charge >= 0.3 is 0 Å². The van der Waals surface area contributed by atoms with Gasteiger partial charge in [0.15, 0.2) is 5.96 Å². The zero-order valence-corrected chi connectivity index (χ0v) is 16.9. The summed E-state index contributed by atoms with van der Waals surface area (Å²) >= 11 is 0. The van der Waals surface area contributed by atoms with Crippen LogP contribution in [0.2, 0.25) is 0 Å². The third-order valence-electron chi connectivity index (χ3n) is 4.86. The molecule has 1 fully saturated rings. The third kappa shape index (κ3) is 6.75. The molecule has 0 bridgehead atoms. The van der Waals surface area contributed by atoms with Crippen LogP contribution in [0.4, 0.5) is 4.39 Å². The van der Waals surface area contributed by atoms with Gasteiger partial charge in [0, 0.05) is 51.9 Å². The van der Waals surface area contributed by atoms with Crippen molar-refractivity contribution in [2.24, 2.45) is 10.9 Å². The van der Waals surface area contributed by atoms with Crippen LogP contribution in [0.5, 0.6) is 0 Å². The second kappa shape index (κ2) is 11.2. The second-order valence-corrected chi connectivity index (χ2v) is 7.13. The number of nitrogens with one attached hydrogen (secondary N) is 2. The molecule has 1 aromatic carbocycles. The lowest BCUT2D eigenvalue weighted by molar-refractivity contribution is 0.00752. The number of nitrogens with zero attached hydrogens (tertiary/aromatic N) is 2. The standard InChI is InChI=1S/C20H33FN4O2/c1-15(2)19(25-7-9-27-10-8-25)13-24-20(22-3)23-12-16-5-6-18(21)17(11-16)14-26-4/h5-6,11,15,19H,7-10,12-14H2,1-4H3,(H2,22,23,24). The van der Waals surface area contributed by atoms with Crippen molar-refractivity contribution in [3.63, 3.8) is 0 Å². The van der Waals surface area contributed by atoms with Crippen LogP contribution in [-0.2, 0) is 22.6 Å². The van der Waals surface area contributed by atoms with Crippen LogP contribution in [0.3, 0.4) is 0 Å². The number of methoxy groups -OCH3 is 1. The minimum atomic E-state index is -0.242. The van der Waals surface area contributed by atoms with Crippen molar-refractivity contribution in [2.75, 3.05) is 47.0 Å². The Morgan fingerprint density at radius 2 is 2.04 bits per heavy atom. The molecule has 1 atom stereocenters. The molecule has 0 aromatic heterocycles. The predicted octanol–water partition coefficient (Wildman–Crippen LogP) is 1.99. The van der Waals surface area contributed by atoms with E-state index in [1.54, 1.807) is 20.2 Å². The number of aliphatic imine (C=N–C) groups is 1. The summed E-state index contributed by atoms with van der Waals surface area (Å²) in [6.07, 6.45) is 0. The van der Waals surface area contributed by atoms with E-state index in [-0.39, 0.29) is 12.4 Å². The molecule has 0 spiro atoms. The summed E-state index contributed by atoms with van der Waals surface area (Å²) in [6, 6.07) is 5.50. The number of morpholine rings is 1. The zero-order chi connectivity index (χ0) is 19.6. The summed E-state index contributed by atoms with van der Waals surface area (Å²) in [6.45, 7) is 9.66. The first-order chi connectivity index (χ1) is 13.0. The molecule has 2 N–H and O–H groups in total. The van der Waals surface area contributed by atoms with Gasteiger partial charge in [-0.3, -0.25) is 9.89 Å². The monoisotopic (exact) mass is 380 g/mol. The number of halogens is 1. The number of hydrogen-bond donors (Lipinski definition) is 2. The lowest BCUT2D eigenvalue weighted by atomic mass is 10.0. The molecule has 27 heavy (non-hydrogen) atoms. The fourth-order valence-electron chi connectivity index (χ4n) is 3.31. The molecule has 0 aliphatic carbocycles. The van der Waals surface area contributed by atoms with Crippen molar-refractivity contribution >= 4 is 5.96 Å². The van der Waals surface area contributed by atoms with E-state index in [9.17, 15) is 4.39 Å². The normalized spacial score (nSPS) is 17.2. The Hall–Kier alpha value is -1.70. The molecule has 2 rings (SSSR count). The molecule has 6 nitrogen and oxygen atoms in total. The first-order valence-electron chi connectivity index (χ1n) is 9.57. The van der Waals surface area contributed by atoms with Crippen molar-refractivity contribution in [1.29, 1.82) is 0 Å². The maximum Gasteiger partial charge on any atom is 0.191 e. The van der Waals surface area contributed by atoms with Crippen LogP contribution in [0.15, 0.2) is 23.2 Å². The Morgan fingerprint density at radius 1 is 1.30 bits per heavy atom. The highest BCUT2D eigenvalue weighted by Crippen LogP contribution is 2.13. The molecule has 1 aliphatic rings. The van der Waals surface area contributed by atoms with Crippen LogP contribution >= 0.6 is 0 Å². The first kappa shape index (κ1) is 21.6. The van der Waals surface area contributed by atoms with E-state index in [0.29, 0.717) is 24.1 Å². The van der Waals surface area contributed by atoms with E-state index in [2.05, 4.69) is 34.4 Å². The van der Waals surface area contributed by atoms with Crippen LogP contribution in [0.25, 0.3) is 0 Å². The number of guanidine groups is 1. The highest BCUT2D eigenvalue weighted by molar-refractivity contribution is 5.79. The van der Waals surface area contributed by atoms with Crippen molar-refractivity contribution in [1.82, 2.24) is 15.5 Å². The molecular formula is C20H33FN4O2. The summed E-state index contributed by atoms with van der Waals surface area (Å²) in [5.74, 6) is 1.03. The maximum atomic E-state index is 13.7. The van der Waals surface area contributed by atoms with Gasteiger partial charge in [-0.1, -0.05) is 19.9 Å². The minimum Gasteiger partial charge on any atom is -0.380 e. The van der Waals surface area contributed by atoms with Gasteiger partial charge in [0.1, 0.15) is 5.82 Å². The SMILES string of the molecule is CN=C(NCc1ccc(F)c(COC)c1)NCC(C(C)C)N1CCOCC1. The van der Waals surface area contributed by atoms with Gasteiger partial charge in [-0.15, -0.1) is 0 Å². The van der Waals surface area contributed by atoms with Crippen LogP contribution in [0.1, 0.15) is 25.0 Å². The minimum absolute atomic E-state index is 0.242. The zero-order valence-electron chi connectivity index (χ0n) is 16.9. The molecule has 1 heterocycles. The summed E-state index contributed by atoms with van der Waals surface area (Å²) in [5, 5.41) is 6.73. The average Bonchev–Trinajstić information content (AvgIpc) is 2.67. The van der Waals surface area contributed by atoms with E-state index >= 15 is 0 Å². The molecule has 152 valence electrons. The van der Waals surface area contributed by atoms with Gasteiger partial charge in [0.25, 0.3) is 0 Å². The summed E-state index contributed by atoms with van der Waals surface area (Å²) in [7, 11) is 3.32. The van der Waals surface area contributed by atoms with E-state index < -0.39 is 0 Å². The van der Waals surface area contributed by atoms with Gasteiger partial charge in [-0.2, -0.15) is 0 Å². The van der Waals surface area contributed by atoms with E-state index in [4.69, 9.17) is 9.47 Å². The van der Waals surface area contributed by atoms with Crippen molar-refractivity contribution < 1.29 is 13.9 Å². The van der Waals surface area contributed by atoms with Crippen molar-refractivity contribution in [2.45, 2.75) is 33.0 Å². The van der Waals surface area contributed by atoms with Crippen molar-refractivity contribution in [3.8, 4) is 0 Å². The van der Waals surface area contributed by atoms with Crippen LogP contribution in [0, 0.1) is 11.7 Å². The largest absolute Gasteiger partial charge is 0.380 e. The number of rotatable bonds is 8. The lowest BCUT2D eigenvalue weighted by Gasteiger charge is -2.37. The number of hydrogen-bond acceptors (Lipinski definition) is 4. The summed E-state index contributed by atoms with van der Waals surface area (Å²) in [5.41, 5.74) is 1.55. The topological polar surface area (TPSA) is 58.1 Å². The molecule has 1 saturated heterocycles. The molecular weight excluding hydrogens is 347 g/mol. The Kier molecular flexibility index (Phi) is 8.97. The average molecular weight is 381 g/mol. The third-order valence-corrected chi connectivity index (χ3v) is 4.86. The molecule has 7 heteroatoms. The van der Waals surface area contributed by atoms with E-state index in [1.165, 1.54) is 6.07 Å². The molecule has 1 aliphatic heterocycles. The predicted molar refractivity (Wildman–Crippen MR) is 106 cm³/mol. The smallest absolute Gasteiger partial charge is 0.191 e. The summed E-state index contributed by atoms with van der Waals surface area (Å²) < 4.78 is 24.2. The van der Waals surface area contributed by atoms with E-state index in [1.807, 2.05) is 6.07 Å². The molecule has 1 unspecified atom stereocenters. The molecule has 0 radical (unpaired) electrons. The van der Waals surface area contributed by atoms with Gasteiger partial charge in [0.05, 0.1) is 19.8 Å². The second-order valence-electron chi connectivity index (χ2n) is 7.13. The van der Waals surface area contributed by atoms with Crippen LogP contribution < -0.4 is 10.6 Å². The molecule has 1 aromatic rings. The lowest BCUT2D eigenvalue weighted by Crippen LogP contribution is -2.52. The Morgan fingerprint density at radius 3 is 2.67 bits per heavy atom. The van der Waals surface area contributed by atoms with Gasteiger partial charge in [-0.05, 0) is 23.6 Å². The van der Waals surface area contributed by atoms with Crippen LogP contribution in [-0.4, -0.2) is 63.9 Å². The highest BCUT2D eigenvalue weighted by Gasteiger charge is 2.23. The Balaban J connectivity index is 1.88.